The van der Waals surface area contributed by atoms with Gasteiger partial charge in [-0.15, -0.1) is 0 Å². The second-order valence-corrected chi connectivity index (χ2v) is 6.11. The number of likely N-dealkylation sites (N-methyl/N-ethyl adjacent to an activating group) is 1. The van der Waals surface area contributed by atoms with Gasteiger partial charge in [-0.3, -0.25) is 10.00 Å². The average molecular weight is 314 g/mol. The number of pyridine rings is 1. The van der Waals surface area contributed by atoms with Crippen LogP contribution in [0.15, 0.2) is 30.7 Å². The van der Waals surface area contributed by atoms with E-state index in [1.807, 2.05) is 44.4 Å². The van der Waals surface area contributed by atoms with Gasteiger partial charge in [-0.1, -0.05) is 0 Å². The number of likely N-dealkylation sites (tertiary alicyclic amines) is 1. The van der Waals surface area contributed by atoms with Gasteiger partial charge in [0, 0.05) is 44.1 Å². The zero-order valence-corrected chi connectivity index (χ0v) is 13.7. The van der Waals surface area contributed by atoms with Crippen LogP contribution >= 0.6 is 0 Å². The molecule has 3 heterocycles. The van der Waals surface area contributed by atoms with Crippen LogP contribution in [-0.2, 0) is 7.05 Å². The molecule has 1 N–H and O–H groups in total. The van der Waals surface area contributed by atoms with E-state index in [-0.39, 0.29) is 6.03 Å². The first kappa shape index (κ1) is 15.5. The number of nitrogens with one attached hydrogen (secondary N) is 1. The second kappa shape index (κ2) is 6.37. The lowest BCUT2D eigenvalue weighted by Crippen LogP contribution is -2.37. The minimum absolute atomic E-state index is 0.0924. The van der Waals surface area contributed by atoms with Crippen molar-refractivity contribution in [1.29, 1.82) is 0 Å². The lowest BCUT2D eigenvalue weighted by molar-refractivity contribution is 0.216. The Balaban J connectivity index is 1.67. The minimum Gasteiger partial charge on any atom is -0.323 e. The van der Waals surface area contributed by atoms with Crippen molar-refractivity contribution in [2.45, 2.75) is 12.5 Å². The summed E-state index contributed by atoms with van der Waals surface area (Å²) in [6.07, 6.45) is 6.43. The Kier molecular flexibility index (Phi) is 4.29. The first-order valence-corrected chi connectivity index (χ1v) is 7.70. The Hall–Kier alpha value is -2.41. The molecule has 0 aromatic carbocycles. The fourth-order valence-electron chi connectivity index (χ4n) is 2.79. The summed E-state index contributed by atoms with van der Waals surface area (Å²) in [5.41, 5.74) is 1.98. The third kappa shape index (κ3) is 3.50. The number of aromatic nitrogens is 3. The summed E-state index contributed by atoms with van der Waals surface area (Å²) in [7, 11) is 5.97. The monoisotopic (exact) mass is 314 g/mol. The molecule has 122 valence electrons. The summed E-state index contributed by atoms with van der Waals surface area (Å²) < 4.78 is 1.75. The summed E-state index contributed by atoms with van der Waals surface area (Å²) in [4.78, 5) is 20.6. The van der Waals surface area contributed by atoms with Crippen molar-refractivity contribution in [2.75, 3.05) is 32.5 Å². The molecule has 1 unspecified atom stereocenters. The number of nitrogens with zero attached hydrogens (tertiary/aromatic N) is 5. The molecule has 2 aromatic rings. The second-order valence-electron chi connectivity index (χ2n) is 6.11. The Morgan fingerprint density at radius 1 is 1.39 bits per heavy atom. The number of carbonyl (C=O) groups is 1. The average Bonchev–Trinajstić information content (AvgIpc) is 3.16. The van der Waals surface area contributed by atoms with Crippen molar-refractivity contribution in [1.82, 2.24) is 24.6 Å². The molecule has 23 heavy (non-hydrogen) atoms. The van der Waals surface area contributed by atoms with Gasteiger partial charge in [0.2, 0.25) is 0 Å². The zero-order chi connectivity index (χ0) is 16.4. The number of aryl methyl sites for hydroxylation is 1. The smallest absolute Gasteiger partial charge is 0.323 e. The highest BCUT2D eigenvalue weighted by Crippen LogP contribution is 2.21. The summed E-state index contributed by atoms with van der Waals surface area (Å²) in [6.45, 7) is 1.53. The lowest BCUT2D eigenvalue weighted by atomic mass is 10.1. The van der Waals surface area contributed by atoms with Crippen LogP contribution in [-0.4, -0.2) is 63.8 Å². The third-order valence-electron chi connectivity index (χ3n) is 4.21. The molecule has 1 aliphatic rings. The van der Waals surface area contributed by atoms with Gasteiger partial charge >= 0.3 is 6.03 Å². The van der Waals surface area contributed by atoms with Gasteiger partial charge in [0.15, 0.2) is 0 Å². The first-order valence-electron chi connectivity index (χ1n) is 7.70. The van der Waals surface area contributed by atoms with E-state index in [1.54, 1.807) is 17.1 Å². The number of anilines is 1. The minimum atomic E-state index is -0.0924. The fourth-order valence-corrected chi connectivity index (χ4v) is 2.79. The van der Waals surface area contributed by atoms with Crippen LogP contribution in [0.1, 0.15) is 6.42 Å². The number of urea groups is 1. The molecular formula is C16H22N6O. The zero-order valence-electron chi connectivity index (χ0n) is 13.7. The molecule has 2 amide bonds. The molecule has 0 radical (unpaired) electrons. The Morgan fingerprint density at radius 3 is 2.87 bits per heavy atom. The van der Waals surface area contributed by atoms with Crippen LogP contribution in [0, 0.1) is 0 Å². The van der Waals surface area contributed by atoms with E-state index in [2.05, 4.69) is 20.3 Å². The number of hydrogen-bond acceptors (Lipinski definition) is 4. The SMILES string of the molecule is CN(C)C1CCN(C(=O)Nc2cc(-c3cnn(C)c3)ccn2)C1. The van der Waals surface area contributed by atoms with E-state index in [1.165, 1.54) is 0 Å². The summed E-state index contributed by atoms with van der Waals surface area (Å²) in [5.74, 6) is 0.560. The molecule has 1 saturated heterocycles. The van der Waals surface area contributed by atoms with Gasteiger partial charge in [0.25, 0.3) is 0 Å². The highest BCUT2D eigenvalue weighted by molar-refractivity contribution is 5.89. The Bertz CT molecular complexity index is 695. The van der Waals surface area contributed by atoms with Crippen molar-refractivity contribution >= 4 is 11.8 Å². The highest BCUT2D eigenvalue weighted by atomic mass is 16.2. The molecule has 3 rings (SSSR count). The molecule has 1 fully saturated rings. The molecule has 1 atom stereocenters. The van der Waals surface area contributed by atoms with Crippen molar-refractivity contribution in [3.8, 4) is 11.1 Å². The molecule has 7 nitrogen and oxygen atoms in total. The largest absolute Gasteiger partial charge is 0.323 e. The van der Waals surface area contributed by atoms with Crippen molar-refractivity contribution in [3.63, 3.8) is 0 Å². The van der Waals surface area contributed by atoms with Gasteiger partial charge in [-0.25, -0.2) is 9.78 Å². The van der Waals surface area contributed by atoms with Gasteiger partial charge in [0.1, 0.15) is 5.82 Å². The van der Waals surface area contributed by atoms with Crippen LogP contribution in [0.25, 0.3) is 11.1 Å². The number of amides is 2. The number of carbonyl (C=O) groups excluding carboxylic acids is 1. The van der Waals surface area contributed by atoms with Crippen molar-refractivity contribution in [2.24, 2.45) is 7.05 Å². The molecular weight excluding hydrogens is 292 g/mol. The number of rotatable bonds is 3. The van der Waals surface area contributed by atoms with Crippen LogP contribution in [0.3, 0.4) is 0 Å². The molecule has 0 aliphatic carbocycles. The van der Waals surface area contributed by atoms with Crippen LogP contribution in [0.5, 0.6) is 0 Å². The predicted molar refractivity (Wildman–Crippen MR) is 89.1 cm³/mol. The first-order chi connectivity index (χ1) is 11.0. The molecule has 0 bridgehead atoms. The lowest BCUT2D eigenvalue weighted by Gasteiger charge is -2.20. The molecule has 0 saturated carbocycles. The summed E-state index contributed by atoms with van der Waals surface area (Å²) in [6, 6.07) is 4.11. The van der Waals surface area contributed by atoms with E-state index in [0.29, 0.717) is 11.9 Å². The topological polar surface area (TPSA) is 66.3 Å². The van der Waals surface area contributed by atoms with Gasteiger partial charge < -0.3 is 9.80 Å². The maximum atomic E-state index is 12.4. The van der Waals surface area contributed by atoms with E-state index in [0.717, 1.165) is 30.6 Å². The number of hydrogen-bond donors (Lipinski definition) is 1. The Morgan fingerprint density at radius 2 is 2.22 bits per heavy atom. The summed E-state index contributed by atoms with van der Waals surface area (Å²) >= 11 is 0. The van der Waals surface area contributed by atoms with Gasteiger partial charge in [-0.2, -0.15) is 5.10 Å². The van der Waals surface area contributed by atoms with Crippen molar-refractivity contribution in [3.05, 3.63) is 30.7 Å². The highest BCUT2D eigenvalue weighted by Gasteiger charge is 2.27. The summed E-state index contributed by atoms with van der Waals surface area (Å²) in [5, 5.41) is 7.06. The van der Waals surface area contributed by atoms with E-state index in [4.69, 9.17) is 0 Å². The Labute approximate surface area is 135 Å². The van der Waals surface area contributed by atoms with E-state index < -0.39 is 0 Å². The van der Waals surface area contributed by atoms with Gasteiger partial charge in [0.05, 0.1) is 6.20 Å². The molecule has 1 aliphatic heterocycles. The molecule has 7 heteroatoms. The van der Waals surface area contributed by atoms with Crippen LogP contribution < -0.4 is 5.32 Å². The van der Waals surface area contributed by atoms with Gasteiger partial charge in [-0.05, 0) is 38.2 Å². The van der Waals surface area contributed by atoms with E-state index in [9.17, 15) is 4.79 Å². The molecule has 0 spiro atoms. The standard InChI is InChI=1S/C16H22N6O/c1-20(2)14-5-7-22(11-14)16(23)19-15-8-12(4-6-17-15)13-9-18-21(3)10-13/h4,6,8-10,14H,5,7,11H2,1-3H3,(H,17,19,23). The quantitative estimate of drug-likeness (QED) is 0.935. The third-order valence-corrected chi connectivity index (χ3v) is 4.21. The molecule has 2 aromatic heterocycles. The van der Waals surface area contributed by atoms with Crippen molar-refractivity contribution < 1.29 is 4.79 Å². The maximum Gasteiger partial charge on any atom is 0.323 e. The fraction of sp³-hybridized carbons (Fsp3) is 0.438. The predicted octanol–water partition coefficient (Wildman–Crippen LogP) is 1.65. The van der Waals surface area contributed by atoms with Crippen LogP contribution in [0.2, 0.25) is 0 Å². The normalized spacial score (nSPS) is 17.7. The van der Waals surface area contributed by atoms with Crippen LogP contribution in [0.4, 0.5) is 10.6 Å². The maximum absolute atomic E-state index is 12.4. The van der Waals surface area contributed by atoms with E-state index >= 15 is 0 Å².